The normalized spacial score (nSPS) is 17.0. The average Bonchev–Trinajstić information content (AvgIpc) is 4.00. The molecule has 0 saturated heterocycles. The van der Waals surface area contributed by atoms with Crippen molar-refractivity contribution in [3.63, 3.8) is 0 Å². The molecule has 3 nitrogen and oxygen atoms in total. The summed E-state index contributed by atoms with van der Waals surface area (Å²) < 4.78 is 6.72. The summed E-state index contributed by atoms with van der Waals surface area (Å²) in [5.74, 6) is 1.00. The zero-order valence-corrected chi connectivity index (χ0v) is 37.6. The molecule has 0 aromatic heterocycles. The van der Waals surface area contributed by atoms with Gasteiger partial charge in [0.2, 0.25) is 0 Å². The Morgan fingerprint density at radius 3 is 1.64 bits per heavy atom. The lowest BCUT2D eigenvalue weighted by Gasteiger charge is -2.36. The van der Waals surface area contributed by atoms with Crippen LogP contribution in [0.15, 0.2) is 243 Å². The highest BCUT2D eigenvalue weighted by molar-refractivity contribution is 5.95. The van der Waals surface area contributed by atoms with E-state index in [1.807, 2.05) is 0 Å². The number of allylic oxidation sites excluding steroid dienone is 2. The van der Waals surface area contributed by atoms with E-state index in [1.165, 1.54) is 61.2 Å². The molecule has 1 aliphatic heterocycles. The van der Waals surface area contributed by atoms with E-state index in [2.05, 4.69) is 266 Å². The van der Waals surface area contributed by atoms with Crippen LogP contribution in [0.25, 0.3) is 22.3 Å². The van der Waals surface area contributed by atoms with Crippen molar-refractivity contribution < 1.29 is 4.74 Å². The van der Waals surface area contributed by atoms with Gasteiger partial charge in [-0.05, 0) is 122 Å². The molecule has 0 radical (unpaired) electrons. The molecular weight excluding hydrogens is 813 g/mol. The second kappa shape index (κ2) is 15.2. The van der Waals surface area contributed by atoms with Gasteiger partial charge in [0.15, 0.2) is 0 Å². The third-order valence-corrected chi connectivity index (χ3v) is 14.9. The minimum atomic E-state index is -0.545. The van der Waals surface area contributed by atoms with Crippen molar-refractivity contribution in [1.29, 1.82) is 0 Å². The van der Waals surface area contributed by atoms with Crippen molar-refractivity contribution >= 4 is 34.1 Å². The minimum absolute atomic E-state index is 0.0574. The summed E-state index contributed by atoms with van der Waals surface area (Å²) in [5, 5.41) is 0. The summed E-state index contributed by atoms with van der Waals surface area (Å²) in [5.41, 5.74) is 19.8. The van der Waals surface area contributed by atoms with E-state index in [4.69, 9.17) is 4.74 Å². The molecular formula is C64H48N2O. The van der Waals surface area contributed by atoms with Crippen molar-refractivity contribution in [1.82, 2.24) is 0 Å². The zero-order chi connectivity index (χ0) is 44.7. The quantitative estimate of drug-likeness (QED) is 0.151. The van der Waals surface area contributed by atoms with Crippen LogP contribution in [0, 0.1) is 0 Å². The number of para-hydroxylation sites is 3. The van der Waals surface area contributed by atoms with Gasteiger partial charge in [0, 0.05) is 34.0 Å². The fraction of sp³-hybridized carbons (Fsp3) is 0.0938. The molecule has 9 aromatic carbocycles. The van der Waals surface area contributed by atoms with Crippen molar-refractivity contribution in [2.75, 3.05) is 9.80 Å². The molecule has 2 atom stereocenters. The predicted octanol–water partition coefficient (Wildman–Crippen LogP) is 16.3. The monoisotopic (exact) mass is 860 g/mol. The maximum Gasteiger partial charge on any atom is 0.128 e. The standard InChI is InChI=1S/C64H48N2O/c1-63(2)53-31-13-9-27-48(53)51-40-39-47(42-56(51)63)66(59-36-20-38-61-62(59)52-30-12-18-37-60(52)67-61)58-35-17-16-34-57(58)65(45-24-7-4-8-25-45)46-26-19-23-44(41-46)64(43-21-5-3-6-22-43)54-32-14-10-28-49(54)50-29-11-15-33-55(50)64/h3-42,52,60H,1-2H3. The first-order valence-electron chi connectivity index (χ1n) is 23.5. The first kappa shape index (κ1) is 39.2. The first-order chi connectivity index (χ1) is 33.0. The van der Waals surface area contributed by atoms with E-state index in [0.29, 0.717) is 0 Å². The number of anilines is 6. The first-order valence-corrected chi connectivity index (χ1v) is 23.5. The third-order valence-electron chi connectivity index (χ3n) is 14.9. The number of rotatable bonds is 8. The van der Waals surface area contributed by atoms with Crippen LogP contribution in [0.5, 0.6) is 5.75 Å². The van der Waals surface area contributed by atoms with Crippen LogP contribution in [0.2, 0.25) is 0 Å². The summed E-state index contributed by atoms with van der Waals surface area (Å²) >= 11 is 0. The molecule has 0 fully saturated rings. The third kappa shape index (κ3) is 5.84. The van der Waals surface area contributed by atoms with E-state index in [-0.39, 0.29) is 17.4 Å². The summed E-state index contributed by atoms with van der Waals surface area (Å²) in [6.07, 6.45) is 8.71. The molecule has 13 rings (SSSR count). The molecule has 67 heavy (non-hydrogen) atoms. The van der Waals surface area contributed by atoms with Crippen LogP contribution >= 0.6 is 0 Å². The Bertz CT molecular complexity index is 3410. The number of hydrogen-bond acceptors (Lipinski definition) is 3. The molecule has 0 spiro atoms. The van der Waals surface area contributed by atoms with Crippen molar-refractivity contribution in [3.8, 4) is 28.0 Å². The van der Waals surface area contributed by atoms with E-state index in [0.717, 1.165) is 39.9 Å². The summed E-state index contributed by atoms with van der Waals surface area (Å²) in [6.45, 7) is 4.73. The van der Waals surface area contributed by atoms with E-state index in [1.54, 1.807) is 0 Å². The van der Waals surface area contributed by atoms with Crippen molar-refractivity contribution in [3.05, 3.63) is 282 Å². The van der Waals surface area contributed by atoms with Crippen LogP contribution in [-0.4, -0.2) is 6.10 Å². The Hall–Kier alpha value is -8.14. The SMILES string of the molecule is CC1(C)c2ccccc2-c2ccc(N(c3ccccc3N(c3ccccc3)c3cccc(C4(c5ccccc5)c5ccccc5-c5ccccc54)c3)c3cccc4c3C3C=CC=CC3O4)cc21. The lowest BCUT2D eigenvalue weighted by molar-refractivity contribution is 0.269. The maximum atomic E-state index is 6.72. The topological polar surface area (TPSA) is 15.7 Å². The zero-order valence-electron chi connectivity index (χ0n) is 37.6. The van der Waals surface area contributed by atoms with Gasteiger partial charge >= 0.3 is 0 Å². The van der Waals surface area contributed by atoms with Crippen LogP contribution in [0.1, 0.15) is 58.7 Å². The highest BCUT2D eigenvalue weighted by Gasteiger charge is 2.46. The van der Waals surface area contributed by atoms with Crippen LogP contribution in [0.4, 0.5) is 34.1 Å². The summed E-state index contributed by atoms with van der Waals surface area (Å²) in [7, 11) is 0. The molecule has 1 heterocycles. The van der Waals surface area contributed by atoms with Gasteiger partial charge in [-0.3, -0.25) is 0 Å². The van der Waals surface area contributed by atoms with Gasteiger partial charge in [-0.25, -0.2) is 0 Å². The van der Waals surface area contributed by atoms with Crippen molar-refractivity contribution in [2.24, 2.45) is 0 Å². The Morgan fingerprint density at radius 2 is 0.910 bits per heavy atom. The summed E-state index contributed by atoms with van der Waals surface area (Å²) in [6, 6.07) is 80.7. The smallest absolute Gasteiger partial charge is 0.128 e. The fourth-order valence-electron chi connectivity index (χ4n) is 11.9. The molecule has 9 aromatic rings. The maximum absolute atomic E-state index is 6.72. The van der Waals surface area contributed by atoms with Crippen LogP contribution in [0.3, 0.4) is 0 Å². The number of ether oxygens (including phenoxy) is 1. The Kier molecular flexibility index (Phi) is 8.92. The van der Waals surface area contributed by atoms with Gasteiger partial charge in [-0.15, -0.1) is 0 Å². The largest absolute Gasteiger partial charge is 0.485 e. The highest BCUT2D eigenvalue weighted by atomic mass is 16.5. The highest BCUT2D eigenvalue weighted by Crippen LogP contribution is 2.58. The molecule has 320 valence electrons. The minimum Gasteiger partial charge on any atom is -0.485 e. The molecule has 0 saturated carbocycles. The van der Waals surface area contributed by atoms with E-state index < -0.39 is 5.41 Å². The van der Waals surface area contributed by atoms with Crippen LogP contribution < -0.4 is 14.5 Å². The average molecular weight is 861 g/mol. The van der Waals surface area contributed by atoms with Gasteiger partial charge < -0.3 is 14.5 Å². The Balaban J connectivity index is 1.05. The number of fused-ring (bicyclic) bond motifs is 9. The van der Waals surface area contributed by atoms with Crippen molar-refractivity contribution in [2.45, 2.75) is 36.7 Å². The Labute approximate surface area is 393 Å². The molecule has 0 N–H and O–H groups in total. The second-order valence-corrected chi connectivity index (χ2v) is 18.7. The van der Waals surface area contributed by atoms with Crippen LogP contribution in [-0.2, 0) is 10.8 Å². The molecule has 3 aliphatic carbocycles. The number of benzene rings is 9. The van der Waals surface area contributed by atoms with Gasteiger partial charge in [0.25, 0.3) is 0 Å². The van der Waals surface area contributed by atoms with Gasteiger partial charge in [-0.2, -0.15) is 0 Å². The van der Waals surface area contributed by atoms with E-state index in [9.17, 15) is 0 Å². The molecule has 0 amide bonds. The number of nitrogens with zero attached hydrogens (tertiary/aromatic N) is 2. The van der Waals surface area contributed by atoms with Gasteiger partial charge in [-0.1, -0.05) is 190 Å². The van der Waals surface area contributed by atoms with Gasteiger partial charge in [0.05, 0.1) is 22.5 Å². The molecule has 3 heteroatoms. The molecule has 2 unspecified atom stereocenters. The lowest BCUT2D eigenvalue weighted by Crippen LogP contribution is -2.29. The fourth-order valence-corrected chi connectivity index (χ4v) is 11.9. The lowest BCUT2D eigenvalue weighted by atomic mass is 9.67. The predicted molar refractivity (Wildman–Crippen MR) is 276 cm³/mol. The Morgan fingerprint density at radius 1 is 0.388 bits per heavy atom. The molecule has 4 aliphatic rings. The van der Waals surface area contributed by atoms with Gasteiger partial charge in [0.1, 0.15) is 11.9 Å². The van der Waals surface area contributed by atoms with E-state index >= 15 is 0 Å². The molecule has 0 bridgehead atoms. The second-order valence-electron chi connectivity index (χ2n) is 18.7. The summed E-state index contributed by atoms with van der Waals surface area (Å²) in [4.78, 5) is 4.95. The number of hydrogen-bond donors (Lipinski definition) is 0.